The molecule has 1 aromatic rings. The van der Waals surface area contributed by atoms with Gasteiger partial charge in [-0.25, -0.2) is 0 Å². The Morgan fingerprint density at radius 1 is 0.958 bits per heavy atom. The van der Waals surface area contributed by atoms with Gasteiger partial charge in [0.05, 0.1) is 0 Å². The largest absolute Gasteiger partial charge is 0.399 e. The van der Waals surface area contributed by atoms with Crippen LogP contribution in [0.1, 0.15) is 42.5 Å². The topological polar surface area (TPSA) is 66.6 Å². The Bertz CT molecular complexity index is 562. The number of halogens is 1. The van der Waals surface area contributed by atoms with E-state index in [1.54, 1.807) is 24.3 Å². The van der Waals surface area contributed by atoms with Crippen LogP contribution in [0.25, 0.3) is 0 Å². The van der Waals surface area contributed by atoms with Gasteiger partial charge in [-0.2, -0.15) is 0 Å². The molecular weight excluding hydrogens is 326 g/mol. The van der Waals surface area contributed by atoms with Crippen molar-refractivity contribution in [3.05, 3.63) is 29.8 Å². The van der Waals surface area contributed by atoms with Gasteiger partial charge in [-0.05, 0) is 55.9 Å². The monoisotopic (exact) mass is 351 g/mol. The number of nitrogens with two attached hydrogens (primary N) is 1. The molecule has 0 spiro atoms. The van der Waals surface area contributed by atoms with Gasteiger partial charge in [0.1, 0.15) is 0 Å². The number of carbonyl (C=O) groups excluding carboxylic acids is 2. The van der Waals surface area contributed by atoms with Gasteiger partial charge in [0, 0.05) is 43.9 Å². The molecule has 0 saturated carbocycles. The summed E-state index contributed by atoms with van der Waals surface area (Å²) in [6.07, 6.45) is 4.75. The molecule has 0 atom stereocenters. The molecule has 0 aliphatic carbocycles. The Kier molecular flexibility index (Phi) is 6.49. The zero-order valence-corrected chi connectivity index (χ0v) is 14.8. The maximum absolute atomic E-state index is 12.5. The van der Waals surface area contributed by atoms with Crippen LogP contribution < -0.4 is 5.73 Å². The zero-order chi connectivity index (χ0) is 16.2. The minimum absolute atomic E-state index is 0. The predicted octanol–water partition coefficient (Wildman–Crippen LogP) is 2.56. The Morgan fingerprint density at radius 3 is 2.12 bits per heavy atom. The average Bonchev–Trinajstić information content (AvgIpc) is 3.10. The summed E-state index contributed by atoms with van der Waals surface area (Å²) in [4.78, 5) is 28.6. The molecule has 6 heteroatoms. The number of nitrogen functional groups attached to an aromatic ring is 1. The van der Waals surface area contributed by atoms with Crippen molar-refractivity contribution < 1.29 is 9.59 Å². The summed E-state index contributed by atoms with van der Waals surface area (Å²) in [5.41, 5.74) is 7.01. The highest BCUT2D eigenvalue weighted by Gasteiger charge is 2.27. The third-order valence-corrected chi connectivity index (χ3v) is 4.98. The molecule has 0 bridgehead atoms. The lowest BCUT2D eigenvalue weighted by Crippen LogP contribution is -2.40. The Hall–Kier alpha value is -1.75. The van der Waals surface area contributed by atoms with Gasteiger partial charge in [0.25, 0.3) is 5.91 Å². The van der Waals surface area contributed by atoms with E-state index in [0.717, 1.165) is 51.9 Å². The van der Waals surface area contributed by atoms with Crippen LogP contribution in [0.4, 0.5) is 5.69 Å². The van der Waals surface area contributed by atoms with Gasteiger partial charge in [-0.15, -0.1) is 12.4 Å². The van der Waals surface area contributed by atoms with Crippen LogP contribution in [0.15, 0.2) is 24.3 Å². The summed E-state index contributed by atoms with van der Waals surface area (Å²) in [5, 5.41) is 0. The lowest BCUT2D eigenvalue weighted by atomic mass is 9.92. The van der Waals surface area contributed by atoms with Crippen molar-refractivity contribution in [2.24, 2.45) is 5.92 Å². The van der Waals surface area contributed by atoms with E-state index in [0.29, 0.717) is 29.5 Å². The fraction of sp³-hybridized carbons (Fsp3) is 0.556. The molecule has 3 rings (SSSR count). The second-order valence-electron chi connectivity index (χ2n) is 6.65. The number of hydrogen-bond acceptors (Lipinski definition) is 3. The molecule has 2 fully saturated rings. The molecule has 2 amide bonds. The van der Waals surface area contributed by atoms with Crippen molar-refractivity contribution in [3.8, 4) is 0 Å². The second-order valence-corrected chi connectivity index (χ2v) is 6.65. The molecule has 1 aromatic carbocycles. The first-order valence-corrected chi connectivity index (χ1v) is 8.56. The minimum atomic E-state index is 0. The van der Waals surface area contributed by atoms with Gasteiger partial charge in [-0.1, -0.05) is 0 Å². The smallest absolute Gasteiger partial charge is 0.253 e. The number of hydrogen-bond donors (Lipinski definition) is 1. The van der Waals surface area contributed by atoms with E-state index in [-0.39, 0.29) is 18.3 Å². The maximum atomic E-state index is 12.5. The highest BCUT2D eigenvalue weighted by Crippen LogP contribution is 2.24. The number of carbonyl (C=O) groups is 2. The van der Waals surface area contributed by atoms with E-state index in [1.807, 2.05) is 9.80 Å². The fourth-order valence-corrected chi connectivity index (χ4v) is 3.49. The highest BCUT2D eigenvalue weighted by atomic mass is 35.5. The fourth-order valence-electron chi connectivity index (χ4n) is 3.49. The lowest BCUT2D eigenvalue weighted by molar-refractivity contribution is -0.131. The van der Waals surface area contributed by atoms with Gasteiger partial charge in [0.15, 0.2) is 0 Å². The Balaban J connectivity index is 0.00000208. The van der Waals surface area contributed by atoms with Gasteiger partial charge in [0.2, 0.25) is 5.91 Å². The standard InChI is InChI=1S/C18H25N3O2.ClH/c19-16-5-3-15(4-6-16)18(23)21-11-7-14(8-12-21)13-17(22)20-9-1-2-10-20;/h3-6,14H,1-2,7-13,19H2;1H. The third-order valence-electron chi connectivity index (χ3n) is 4.98. The molecule has 2 aliphatic heterocycles. The highest BCUT2D eigenvalue weighted by molar-refractivity contribution is 5.94. The number of nitrogens with zero attached hydrogens (tertiary/aromatic N) is 2. The summed E-state index contributed by atoms with van der Waals surface area (Å²) < 4.78 is 0. The average molecular weight is 352 g/mol. The van der Waals surface area contributed by atoms with Crippen molar-refractivity contribution >= 4 is 29.9 Å². The van der Waals surface area contributed by atoms with Crippen LogP contribution in [-0.2, 0) is 4.79 Å². The molecule has 132 valence electrons. The van der Waals surface area contributed by atoms with Crippen molar-refractivity contribution in [1.29, 1.82) is 0 Å². The number of likely N-dealkylation sites (tertiary alicyclic amines) is 2. The first kappa shape index (κ1) is 18.6. The number of benzene rings is 1. The van der Waals surface area contributed by atoms with Crippen LogP contribution in [0, 0.1) is 5.92 Å². The van der Waals surface area contributed by atoms with E-state index in [2.05, 4.69) is 0 Å². The molecule has 2 heterocycles. The summed E-state index contributed by atoms with van der Waals surface area (Å²) in [6.45, 7) is 3.32. The van der Waals surface area contributed by atoms with E-state index in [1.165, 1.54) is 0 Å². The molecule has 2 N–H and O–H groups in total. The molecule has 0 unspecified atom stereocenters. The van der Waals surface area contributed by atoms with Crippen LogP contribution >= 0.6 is 12.4 Å². The number of rotatable bonds is 3. The summed E-state index contributed by atoms with van der Waals surface area (Å²) in [7, 11) is 0. The lowest BCUT2D eigenvalue weighted by Gasteiger charge is -2.32. The summed E-state index contributed by atoms with van der Waals surface area (Å²) in [6, 6.07) is 7.07. The molecule has 2 aliphatic rings. The van der Waals surface area contributed by atoms with E-state index < -0.39 is 0 Å². The molecule has 24 heavy (non-hydrogen) atoms. The minimum Gasteiger partial charge on any atom is -0.399 e. The maximum Gasteiger partial charge on any atom is 0.253 e. The number of piperidine rings is 1. The summed E-state index contributed by atoms with van der Waals surface area (Å²) in [5.74, 6) is 0.777. The first-order chi connectivity index (χ1) is 11.1. The Labute approximate surface area is 149 Å². The van der Waals surface area contributed by atoms with E-state index in [9.17, 15) is 9.59 Å². The quantitative estimate of drug-likeness (QED) is 0.851. The summed E-state index contributed by atoms with van der Waals surface area (Å²) >= 11 is 0. The van der Waals surface area contributed by atoms with Crippen LogP contribution in [0.3, 0.4) is 0 Å². The van der Waals surface area contributed by atoms with Crippen molar-refractivity contribution in [3.63, 3.8) is 0 Å². The normalized spacial score (nSPS) is 18.3. The Morgan fingerprint density at radius 2 is 1.54 bits per heavy atom. The van der Waals surface area contributed by atoms with Crippen molar-refractivity contribution in [2.45, 2.75) is 32.1 Å². The molecular formula is C18H26ClN3O2. The molecule has 0 aromatic heterocycles. The van der Waals surface area contributed by atoms with Crippen LogP contribution in [-0.4, -0.2) is 47.8 Å². The molecule has 5 nitrogen and oxygen atoms in total. The van der Waals surface area contributed by atoms with Crippen molar-refractivity contribution in [2.75, 3.05) is 31.9 Å². The van der Waals surface area contributed by atoms with E-state index >= 15 is 0 Å². The van der Waals surface area contributed by atoms with Crippen LogP contribution in [0.2, 0.25) is 0 Å². The third kappa shape index (κ3) is 4.41. The molecule has 0 radical (unpaired) electrons. The SMILES string of the molecule is Cl.Nc1ccc(C(=O)N2CCC(CC(=O)N3CCCC3)CC2)cc1. The zero-order valence-electron chi connectivity index (χ0n) is 13.9. The molecule has 2 saturated heterocycles. The predicted molar refractivity (Wildman–Crippen MR) is 97.2 cm³/mol. The second kappa shape index (κ2) is 8.38. The van der Waals surface area contributed by atoms with Gasteiger partial charge in [-0.3, -0.25) is 9.59 Å². The van der Waals surface area contributed by atoms with Gasteiger partial charge >= 0.3 is 0 Å². The first-order valence-electron chi connectivity index (χ1n) is 8.56. The number of anilines is 1. The van der Waals surface area contributed by atoms with Crippen LogP contribution in [0.5, 0.6) is 0 Å². The number of amides is 2. The van der Waals surface area contributed by atoms with Gasteiger partial charge < -0.3 is 15.5 Å². The van der Waals surface area contributed by atoms with Crippen molar-refractivity contribution in [1.82, 2.24) is 9.80 Å². The van der Waals surface area contributed by atoms with E-state index in [4.69, 9.17) is 5.73 Å².